The van der Waals surface area contributed by atoms with Crippen molar-refractivity contribution < 1.29 is 28.2 Å². The molecule has 0 radical (unpaired) electrons. The summed E-state index contributed by atoms with van der Waals surface area (Å²) in [5, 5.41) is 2.71. The van der Waals surface area contributed by atoms with Crippen molar-refractivity contribution in [3.05, 3.63) is 53.8 Å². The van der Waals surface area contributed by atoms with Crippen LogP contribution in [0.2, 0.25) is 0 Å². The maximum atomic E-state index is 13.2. The Labute approximate surface area is 175 Å². The summed E-state index contributed by atoms with van der Waals surface area (Å²) >= 11 is 0. The smallest absolute Gasteiger partial charge is 0.261 e. The lowest BCUT2D eigenvalue weighted by Gasteiger charge is -2.28. The van der Waals surface area contributed by atoms with Crippen molar-refractivity contribution >= 4 is 11.8 Å². The molecule has 0 aliphatic heterocycles. The van der Waals surface area contributed by atoms with E-state index in [-0.39, 0.29) is 30.8 Å². The Bertz CT molecular complexity index is 835. The van der Waals surface area contributed by atoms with Gasteiger partial charge in [-0.15, -0.1) is 0 Å². The van der Waals surface area contributed by atoms with Crippen LogP contribution >= 0.6 is 0 Å². The number of rotatable bonds is 10. The molecule has 0 aromatic heterocycles. The molecule has 2 rings (SSSR count). The van der Waals surface area contributed by atoms with Gasteiger partial charge in [0.15, 0.2) is 6.61 Å². The van der Waals surface area contributed by atoms with Crippen LogP contribution in [0.25, 0.3) is 0 Å². The maximum absolute atomic E-state index is 13.2. The van der Waals surface area contributed by atoms with Crippen LogP contribution in [0.15, 0.2) is 42.5 Å². The molecule has 0 bridgehead atoms. The van der Waals surface area contributed by atoms with Crippen LogP contribution < -0.4 is 19.5 Å². The van der Waals surface area contributed by atoms with Crippen LogP contribution in [0.3, 0.4) is 0 Å². The van der Waals surface area contributed by atoms with Gasteiger partial charge in [0, 0.05) is 31.3 Å². The zero-order valence-electron chi connectivity index (χ0n) is 17.6. The fourth-order valence-electron chi connectivity index (χ4n) is 2.78. The zero-order valence-corrected chi connectivity index (χ0v) is 17.6. The highest BCUT2D eigenvalue weighted by atomic mass is 19.1. The van der Waals surface area contributed by atoms with Crippen molar-refractivity contribution in [2.75, 3.05) is 27.4 Å². The molecule has 1 N–H and O–H groups in total. The van der Waals surface area contributed by atoms with E-state index in [1.54, 1.807) is 44.2 Å². The number of likely N-dealkylation sites (N-methyl/N-ethyl adjacent to an activating group) is 1. The molecular weight excluding hydrogens is 391 g/mol. The number of benzene rings is 2. The van der Waals surface area contributed by atoms with Gasteiger partial charge in [0.05, 0.1) is 14.2 Å². The number of methoxy groups -OCH3 is 2. The van der Waals surface area contributed by atoms with Gasteiger partial charge >= 0.3 is 0 Å². The molecule has 0 fully saturated rings. The van der Waals surface area contributed by atoms with E-state index in [0.29, 0.717) is 29.4 Å². The maximum Gasteiger partial charge on any atom is 0.261 e. The predicted molar refractivity (Wildman–Crippen MR) is 110 cm³/mol. The Morgan fingerprint density at radius 1 is 1.03 bits per heavy atom. The first-order valence-electron chi connectivity index (χ1n) is 9.55. The highest BCUT2D eigenvalue weighted by Crippen LogP contribution is 2.27. The van der Waals surface area contributed by atoms with Gasteiger partial charge in [-0.1, -0.05) is 12.1 Å². The topological polar surface area (TPSA) is 77.1 Å². The number of nitrogens with zero attached hydrogens (tertiary/aromatic N) is 1. The molecule has 7 nitrogen and oxygen atoms in total. The molecule has 162 valence electrons. The fraction of sp³-hybridized carbons (Fsp3) is 0.364. The minimum absolute atomic E-state index is 0.141. The van der Waals surface area contributed by atoms with Gasteiger partial charge in [-0.05, 0) is 31.5 Å². The lowest BCUT2D eigenvalue weighted by molar-refractivity contribution is -0.142. The molecule has 30 heavy (non-hydrogen) atoms. The van der Waals surface area contributed by atoms with Gasteiger partial charge in [0.25, 0.3) is 5.91 Å². The van der Waals surface area contributed by atoms with Crippen molar-refractivity contribution in [1.82, 2.24) is 10.2 Å². The molecule has 1 atom stereocenters. The highest BCUT2D eigenvalue weighted by Gasteiger charge is 2.26. The van der Waals surface area contributed by atoms with Crippen molar-refractivity contribution in [3.63, 3.8) is 0 Å². The second-order valence-electron chi connectivity index (χ2n) is 6.56. The van der Waals surface area contributed by atoms with Crippen LogP contribution in [0.5, 0.6) is 17.2 Å². The summed E-state index contributed by atoms with van der Waals surface area (Å²) in [7, 11) is 3.03. The number of nitrogens with one attached hydrogen (secondary N) is 1. The molecule has 8 heteroatoms. The first-order chi connectivity index (χ1) is 14.4. The van der Waals surface area contributed by atoms with Crippen molar-refractivity contribution in [1.29, 1.82) is 0 Å². The van der Waals surface area contributed by atoms with Crippen LogP contribution in [0.4, 0.5) is 4.39 Å². The number of halogens is 1. The van der Waals surface area contributed by atoms with Crippen LogP contribution in [-0.4, -0.2) is 50.1 Å². The molecular formula is C22H27FN2O5. The molecule has 1 unspecified atom stereocenters. The highest BCUT2D eigenvalue weighted by molar-refractivity contribution is 5.87. The molecule has 0 heterocycles. The van der Waals surface area contributed by atoms with Gasteiger partial charge < -0.3 is 24.4 Å². The van der Waals surface area contributed by atoms with Crippen LogP contribution in [0, 0.1) is 5.82 Å². The van der Waals surface area contributed by atoms with E-state index < -0.39 is 6.04 Å². The lowest BCUT2D eigenvalue weighted by atomic mass is 10.1. The van der Waals surface area contributed by atoms with E-state index >= 15 is 0 Å². The van der Waals surface area contributed by atoms with E-state index in [1.165, 1.54) is 31.3 Å². The number of carbonyl (C=O) groups excluding carboxylic acids is 2. The Morgan fingerprint density at radius 3 is 2.13 bits per heavy atom. The standard InChI is InChI=1S/C22H27FN2O5/c1-5-24-22(27)15(2)25(13-16-6-8-17(23)9-7-16)21(26)14-30-20-11-18(28-3)10-19(12-20)29-4/h6-12,15H,5,13-14H2,1-4H3,(H,24,27). The molecule has 0 saturated heterocycles. The Hall–Kier alpha value is -3.29. The van der Waals surface area contributed by atoms with Crippen LogP contribution in [0.1, 0.15) is 19.4 Å². The summed E-state index contributed by atoms with van der Waals surface area (Å²) in [5.41, 5.74) is 0.698. The molecule has 0 aliphatic rings. The third-order valence-electron chi connectivity index (χ3n) is 4.47. The van der Waals surface area contributed by atoms with Crippen molar-refractivity contribution in [2.45, 2.75) is 26.4 Å². The predicted octanol–water partition coefficient (Wildman–Crippen LogP) is 2.78. The van der Waals surface area contributed by atoms with Gasteiger partial charge in [-0.3, -0.25) is 9.59 Å². The Morgan fingerprint density at radius 2 is 1.60 bits per heavy atom. The van der Waals surface area contributed by atoms with Crippen LogP contribution in [-0.2, 0) is 16.1 Å². The molecule has 0 spiro atoms. The van der Waals surface area contributed by atoms with Gasteiger partial charge in [0.2, 0.25) is 5.91 Å². The third-order valence-corrected chi connectivity index (χ3v) is 4.47. The van der Waals surface area contributed by atoms with E-state index in [9.17, 15) is 14.0 Å². The largest absolute Gasteiger partial charge is 0.496 e. The van der Waals surface area contributed by atoms with Gasteiger partial charge in [-0.25, -0.2) is 4.39 Å². The van der Waals surface area contributed by atoms with E-state index in [0.717, 1.165) is 0 Å². The number of ether oxygens (including phenoxy) is 3. The Kier molecular flexibility index (Phi) is 8.46. The second kappa shape index (κ2) is 11.0. The number of hydrogen-bond acceptors (Lipinski definition) is 5. The fourth-order valence-corrected chi connectivity index (χ4v) is 2.78. The summed E-state index contributed by atoms with van der Waals surface area (Å²) in [5.74, 6) is 0.401. The van der Waals surface area contributed by atoms with Gasteiger partial charge in [-0.2, -0.15) is 0 Å². The molecule has 0 aliphatic carbocycles. The minimum atomic E-state index is -0.731. The first kappa shape index (κ1) is 23.0. The Balaban J connectivity index is 2.17. The molecule has 2 aromatic carbocycles. The molecule has 2 aromatic rings. The second-order valence-corrected chi connectivity index (χ2v) is 6.56. The quantitative estimate of drug-likeness (QED) is 0.642. The third kappa shape index (κ3) is 6.37. The average Bonchev–Trinajstić information content (AvgIpc) is 2.76. The van der Waals surface area contributed by atoms with E-state index in [1.807, 2.05) is 0 Å². The van der Waals surface area contributed by atoms with Crippen molar-refractivity contribution in [2.24, 2.45) is 0 Å². The minimum Gasteiger partial charge on any atom is -0.496 e. The summed E-state index contributed by atoms with van der Waals surface area (Å²) in [6, 6.07) is 10.0. The van der Waals surface area contributed by atoms with Crippen molar-refractivity contribution in [3.8, 4) is 17.2 Å². The number of amides is 2. The first-order valence-corrected chi connectivity index (χ1v) is 9.55. The molecule has 0 saturated carbocycles. The zero-order chi connectivity index (χ0) is 22.1. The lowest BCUT2D eigenvalue weighted by Crippen LogP contribution is -2.49. The summed E-state index contributed by atoms with van der Waals surface area (Å²) in [6.07, 6.45) is 0. The number of carbonyl (C=O) groups is 2. The number of hydrogen-bond donors (Lipinski definition) is 1. The van der Waals surface area contributed by atoms with E-state index in [2.05, 4.69) is 5.32 Å². The van der Waals surface area contributed by atoms with Gasteiger partial charge in [0.1, 0.15) is 29.1 Å². The SMILES string of the molecule is CCNC(=O)C(C)N(Cc1ccc(F)cc1)C(=O)COc1cc(OC)cc(OC)c1. The average molecular weight is 418 g/mol. The summed E-state index contributed by atoms with van der Waals surface area (Å²) in [4.78, 5) is 26.7. The normalized spacial score (nSPS) is 11.4. The monoisotopic (exact) mass is 418 g/mol. The van der Waals surface area contributed by atoms with E-state index in [4.69, 9.17) is 14.2 Å². The summed E-state index contributed by atoms with van der Waals surface area (Å²) < 4.78 is 29.3. The molecule has 2 amide bonds. The summed E-state index contributed by atoms with van der Waals surface area (Å²) in [6.45, 7) is 3.74.